The van der Waals surface area contributed by atoms with Crippen LogP contribution in [-0.2, 0) is 0 Å². The van der Waals surface area contributed by atoms with Crippen LogP contribution in [0.5, 0.6) is 0 Å². The second-order valence-electron chi connectivity index (χ2n) is 4.00. The van der Waals surface area contributed by atoms with Crippen molar-refractivity contribution in [3.05, 3.63) is 45.8 Å². The van der Waals surface area contributed by atoms with Gasteiger partial charge in [0.15, 0.2) is 0 Å². The van der Waals surface area contributed by atoms with E-state index in [0.29, 0.717) is 19.0 Å². The van der Waals surface area contributed by atoms with Gasteiger partial charge in [-0.05, 0) is 12.5 Å². The molecule has 0 aliphatic rings. The summed E-state index contributed by atoms with van der Waals surface area (Å²) in [7, 11) is 0. The van der Waals surface area contributed by atoms with Crippen molar-refractivity contribution >= 4 is 16.9 Å². The summed E-state index contributed by atoms with van der Waals surface area (Å²) in [6.45, 7) is 2.24. The maximum atomic E-state index is 13.5. The highest BCUT2D eigenvalue weighted by atomic mass is 19.1. The van der Waals surface area contributed by atoms with Gasteiger partial charge in [-0.3, -0.25) is 4.79 Å². The van der Waals surface area contributed by atoms with Gasteiger partial charge in [0.05, 0.1) is 5.39 Å². The van der Waals surface area contributed by atoms with Crippen LogP contribution in [0.3, 0.4) is 0 Å². The summed E-state index contributed by atoms with van der Waals surface area (Å²) in [6.07, 6.45) is 0.699. The first kappa shape index (κ1) is 13.2. The van der Waals surface area contributed by atoms with Crippen LogP contribution < -0.4 is 10.9 Å². The molecule has 2 aromatic rings. The summed E-state index contributed by atoms with van der Waals surface area (Å²) in [6, 6.07) is 2.63. The van der Waals surface area contributed by atoms with Gasteiger partial charge in [0.25, 0.3) is 5.91 Å². The number of amides is 1. The van der Waals surface area contributed by atoms with Crippen LogP contribution >= 0.6 is 0 Å². The molecule has 1 heterocycles. The zero-order valence-electron chi connectivity index (χ0n) is 10.1. The van der Waals surface area contributed by atoms with Crippen LogP contribution in [0.15, 0.2) is 27.4 Å². The van der Waals surface area contributed by atoms with Crippen molar-refractivity contribution in [1.29, 1.82) is 0 Å². The molecule has 4 nitrogen and oxygen atoms in total. The fourth-order valence-electron chi connectivity index (χ4n) is 1.64. The van der Waals surface area contributed by atoms with E-state index < -0.39 is 23.2 Å². The third kappa shape index (κ3) is 2.62. The SMILES string of the molecule is CCCNC(=O)c1cc2c(F)cc(F)cc2oc1=O. The molecule has 1 amide bonds. The highest BCUT2D eigenvalue weighted by Gasteiger charge is 2.15. The van der Waals surface area contributed by atoms with Gasteiger partial charge in [-0.1, -0.05) is 6.92 Å². The molecule has 1 aromatic heterocycles. The lowest BCUT2D eigenvalue weighted by Crippen LogP contribution is -2.28. The van der Waals surface area contributed by atoms with Gasteiger partial charge in [0, 0.05) is 18.7 Å². The lowest BCUT2D eigenvalue weighted by Gasteiger charge is -2.04. The molecule has 1 N–H and O–H groups in total. The smallest absolute Gasteiger partial charge is 0.349 e. The zero-order chi connectivity index (χ0) is 14.0. The minimum Gasteiger partial charge on any atom is -0.422 e. The molecule has 2 rings (SSSR count). The third-order valence-electron chi connectivity index (χ3n) is 2.55. The number of benzene rings is 1. The molecule has 0 unspecified atom stereocenters. The van der Waals surface area contributed by atoms with Crippen molar-refractivity contribution in [3.8, 4) is 0 Å². The second kappa shape index (κ2) is 5.17. The Morgan fingerprint density at radius 3 is 2.74 bits per heavy atom. The monoisotopic (exact) mass is 267 g/mol. The maximum Gasteiger partial charge on any atom is 0.349 e. The summed E-state index contributed by atoms with van der Waals surface area (Å²) in [4.78, 5) is 23.3. The quantitative estimate of drug-likeness (QED) is 0.867. The maximum absolute atomic E-state index is 13.5. The minimum atomic E-state index is -0.925. The first-order chi connectivity index (χ1) is 9.02. The summed E-state index contributed by atoms with van der Waals surface area (Å²) in [5, 5.41) is 2.38. The Morgan fingerprint density at radius 2 is 2.05 bits per heavy atom. The van der Waals surface area contributed by atoms with Crippen LogP contribution in [-0.4, -0.2) is 12.5 Å². The van der Waals surface area contributed by atoms with Crippen molar-refractivity contribution in [2.24, 2.45) is 0 Å². The van der Waals surface area contributed by atoms with Crippen LogP contribution in [0.1, 0.15) is 23.7 Å². The predicted octanol–water partition coefficient (Wildman–Crippen LogP) is 2.21. The molecule has 0 radical (unpaired) electrons. The van der Waals surface area contributed by atoms with Gasteiger partial charge >= 0.3 is 5.63 Å². The molecule has 0 spiro atoms. The molecule has 19 heavy (non-hydrogen) atoms. The first-order valence-electron chi connectivity index (χ1n) is 5.74. The van der Waals surface area contributed by atoms with Gasteiger partial charge in [-0.2, -0.15) is 0 Å². The standard InChI is InChI=1S/C13H11F2NO3/c1-2-3-16-12(17)9-6-8-10(15)4-7(14)5-11(8)19-13(9)18/h4-6H,2-3H2,1H3,(H,16,17). The number of carbonyl (C=O) groups is 1. The molecule has 0 aliphatic carbocycles. The molecule has 1 aromatic carbocycles. The average molecular weight is 267 g/mol. The molecule has 6 heteroatoms. The number of halogens is 2. The van der Waals surface area contributed by atoms with E-state index in [1.807, 2.05) is 6.92 Å². The number of nitrogens with one attached hydrogen (secondary N) is 1. The Kier molecular flexibility index (Phi) is 3.59. The first-order valence-corrected chi connectivity index (χ1v) is 5.74. The van der Waals surface area contributed by atoms with Gasteiger partial charge in [0.2, 0.25) is 0 Å². The van der Waals surface area contributed by atoms with Gasteiger partial charge in [0.1, 0.15) is 22.8 Å². The van der Waals surface area contributed by atoms with Crippen molar-refractivity contribution in [1.82, 2.24) is 5.32 Å². The molecular formula is C13H11F2NO3. The van der Waals surface area contributed by atoms with Crippen molar-refractivity contribution in [2.45, 2.75) is 13.3 Å². The Labute approximate surface area is 107 Å². The molecule has 0 aliphatic heterocycles. The highest BCUT2D eigenvalue weighted by Crippen LogP contribution is 2.19. The van der Waals surface area contributed by atoms with Crippen molar-refractivity contribution in [2.75, 3.05) is 6.54 Å². The van der Waals surface area contributed by atoms with E-state index in [4.69, 9.17) is 4.42 Å². The topological polar surface area (TPSA) is 59.3 Å². The highest BCUT2D eigenvalue weighted by molar-refractivity contribution is 5.96. The molecule has 0 atom stereocenters. The molecule has 0 bridgehead atoms. The third-order valence-corrected chi connectivity index (χ3v) is 2.55. The molecule has 100 valence electrons. The Morgan fingerprint density at radius 1 is 1.32 bits per heavy atom. The average Bonchev–Trinajstić information content (AvgIpc) is 2.34. The predicted molar refractivity (Wildman–Crippen MR) is 65.0 cm³/mol. The number of carbonyl (C=O) groups excluding carboxylic acids is 1. The van der Waals surface area contributed by atoms with Crippen molar-refractivity contribution < 1.29 is 18.0 Å². The number of rotatable bonds is 3. The molecular weight excluding hydrogens is 256 g/mol. The lowest BCUT2D eigenvalue weighted by molar-refractivity contribution is 0.0950. The largest absolute Gasteiger partial charge is 0.422 e. The lowest BCUT2D eigenvalue weighted by atomic mass is 10.1. The molecule has 0 fully saturated rings. The normalized spacial score (nSPS) is 10.7. The van der Waals surface area contributed by atoms with Crippen molar-refractivity contribution in [3.63, 3.8) is 0 Å². The molecule has 0 saturated carbocycles. The van der Waals surface area contributed by atoms with E-state index in [-0.39, 0.29) is 16.5 Å². The Bertz CT molecular complexity index is 694. The number of hydrogen-bond donors (Lipinski definition) is 1. The van der Waals surface area contributed by atoms with E-state index in [0.717, 1.165) is 12.1 Å². The summed E-state index contributed by atoms with van der Waals surface area (Å²) >= 11 is 0. The Hall–Kier alpha value is -2.24. The van der Waals surface area contributed by atoms with Gasteiger partial charge in [-0.25, -0.2) is 13.6 Å². The fraction of sp³-hybridized carbons (Fsp3) is 0.231. The van der Waals surface area contributed by atoms with E-state index in [1.165, 1.54) is 0 Å². The van der Waals surface area contributed by atoms with Crippen LogP contribution in [0.2, 0.25) is 0 Å². The summed E-state index contributed by atoms with van der Waals surface area (Å²) in [5.74, 6) is -2.37. The van der Waals surface area contributed by atoms with Crippen LogP contribution in [0.25, 0.3) is 11.0 Å². The van der Waals surface area contributed by atoms with E-state index >= 15 is 0 Å². The summed E-state index contributed by atoms with van der Waals surface area (Å²) < 4.78 is 31.3. The van der Waals surface area contributed by atoms with E-state index in [1.54, 1.807) is 0 Å². The number of hydrogen-bond acceptors (Lipinski definition) is 3. The Balaban J connectivity index is 2.55. The van der Waals surface area contributed by atoms with Gasteiger partial charge in [-0.15, -0.1) is 0 Å². The van der Waals surface area contributed by atoms with E-state index in [9.17, 15) is 18.4 Å². The zero-order valence-corrected chi connectivity index (χ0v) is 10.1. The fourth-order valence-corrected chi connectivity index (χ4v) is 1.64. The summed E-state index contributed by atoms with van der Waals surface area (Å²) in [5.41, 5.74) is -1.45. The minimum absolute atomic E-state index is 0.109. The van der Waals surface area contributed by atoms with E-state index in [2.05, 4.69) is 5.32 Å². The van der Waals surface area contributed by atoms with Crippen LogP contribution in [0, 0.1) is 11.6 Å². The number of fused-ring (bicyclic) bond motifs is 1. The second-order valence-corrected chi connectivity index (χ2v) is 4.00. The van der Waals surface area contributed by atoms with Crippen LogP contribution in [0.4, 0.5) is 8.78 Å². The van der Waals surface area contributed by atoms with Gasteiger partial charge < -0.3 is 9.73 Å². The molecule has 0 saturated heterocycles.